The topological polar surface area (TPSA) is 164 Å². The van der Waals surface area contributed by atoms with E-state index in [1.165, 1.54) is 0 Å². The predicted octanol–water partition coefficient (Wildman–Crippen LogP) is -3.11. The van der Waals surface area contributed by atoms with E-state index in [9.17, 15) is 21.4 Å². The highest BCUT2D eigenvalue weighted by molar-refractivity contribution is 7.89. The first-order chi connectivity index (χ1) is 5.41. The first kappa shape index (κ1) is 21.7. The SMILES string of the molecule is O=P(O)(OS(=O)(=O)O)OS(=O)(=O)O.[MgH2].[MgH2]. The predicted molar refractivity (Wildman–Crippen MR) is 52.2 cm³/mol. The van der Waals surface area contributed by atoms with Gasteiger partial charge in [0.1, 0.15) is 0 Å². The summed E-state index contributed by atoms with van der Waals surface area (Å²) in [6, 6.07) is 0. The van der Waals surface area contributed by atoms with Gasteiger partial charge in [0.2, 0.25) is 0 Å². The summed E-state index contributed by atoms with van der Waals surface area (Å²) in [5, 5.41) is 0. The Morgan fingerprint density at radius 2 is 1.07 bits per heavy atom. The van der Waals surface area contributed by atoms with Gasteiger partial charge in [0.05, 0.1) is 0 Å². The van der Waals surface area contributed by atoms with Gasteiger partial charge in [-0.3, -0.25) is 9.11 Å². The van der Waals surface area contributed by atoms with Gasteiger partial charge in [-0.1, -0.05) is 0 Å². The molecule has 0 saturated carbocycles. The average Bonchev–Trinajstić information content (AvgIpc) is 1.43. The van der Waals surface area contributed by atoms with Crippen LogP contribution in [0.1, 0.15) is 0 Å². The molecule has 0 aromatic rings. The molecule has 0 aliphatic carbocycles. The van der Waals surface area contributed by atoms with Crippen molar-refractivity contribution >= 4 is 74.7 Å². The molecule has 0 aliphatic heterocycles. The molecule has 0 unspecified atom stereocenters. The van der Waals surface area contributed by atoms with Crippen molar-refractivity contribution in [1.29, 1.82) is 0 Å². The molecule has 0 atom stereocenters. The van der Waals surface area contributed by atoms with Crippen LogP contribution in [0.25, 0.3) is 0 Å². The maximum Gasteiger partial charge on any atom is 0.505 e. The molecule has 0 radical (unpaired) electrons. The third-order valence-corrected chi connectivity index (χ3v) is 3.39. The summed E-state index contributed by atoms with van der Waals surface area (Å²) in [4.78, 5) is 8.22. The van der Waals surface area contributed by atoms with Crippen molar-refractivity contribution in [3.63, 3.8) is 0 Å². The van der Waals surface area contributed by atoms with Crippen molar-refractivity contribution in [2.75, 3.05) is 0 Å². The van der Waals surface area contributed by atoms with Gasteiger partial charge in [0.15, 0.2) is 0 Å². The normalized spacial score (nSPS) is 12.5. The lowest BCUT2D eigenvalue weighted by molar-refractivity contribution is 0.263. The lowest BCUT2D eigenvalue weighted by Gasteiger charge is -2.05. The Labute approximate surface area is 117 Å². The van der Waals surface area contributed by atoms with Crippen LogP contribution >= 0.6 is 7.82 Å². The van der Waals surface area contributed by atoms with Crippen LogP contribution in [0, 0.1) is 0 Å². The summed E-state index contributed by atoms with van der Waals surface area (Å²) in [7, 11) is -16.3. The van der Waals surface area contributed by atoms with Crippen LogP contribution < -0.4 is 0 Å². The molecule has 0 aromatic carbocycles. The van der Waals surface area contributed by atoms with E-state index in [4.69, 9.17) is 14.0 Å². The molecule has 0 rings (SSSR count). The third kappa shape index (κ3) is 15.5. The molecule has 88 valence electrons. The zero-order chi connectivity index (χ0) is 10.9. The third-order valence-electron chi connectivity index (χ3n) is 0.377. The fourth-order valence-corrected chi connectivity index (χ4v) is 2.48. The summed E-state index contributed by atoms with van der Waals surface area (Å²) >= 11 is 0. The summed E-state index contributed by atoms with van der Waals surface area (Å²) < 4.78 is 70.8. The van der Waals surface area contributed by atoms with E-state index in [0.29, 0.717) is 0 Å². The van der Waals surface area contributed by atoms with Crippen molar-refractivity contribution in [1.82, 2.24) is 0 Å². The second kappa shape index (κ2) is 7.02. The molecule has 0 aromatic heterocycles. The summed E-state index contributed by atoms with van der Waals surface area (Å²) in [5.41, 5.74) is 0. The first-order valence-electron chi connectivity index (χ1n) is 2.11. The summed E-state index contributed by atoms with van der Waals surface area (Å²) in [6.45, 7) is 0. The molecule has 3 N–H and O–H groups in total. The molecule has 10 nitrogen and oxygen atoms in total. The molecule has 0 bridgehead atoms. The maximum absolute atomic E-state index is 10.3. The zero-order valence-corrected chi connectivity index (χ0v) is 7.99. The standard InChI is InChI=1S/2Mg.H3O10PS2.4H/c;;1-11(2,9-12(3,4)5)10-13(6,7)8;;;;/h;;(H,1,2)(H,3,4,5)(H,6,7,8);;;;. The molecule has 15 heavy (non-hydrogen) atoms. The molecular weight excluding hydrogens is 304 g/mol. The second-order valence-electron chi connectivity index (χ2n) is 1.47. The van der Waals surface area contributed by atoms with Crippen LogP contribution in [0.3, 0.4) is 0 Å². The Hall–Kier alpha value is 1.46. The molecule has 0 amide bonds. The van der Waals surface area contributed by atoms with E-state index in [0.717, 1.165) is 0 Å². The quantitative estimate of drug-likeness (QED) is 0.275. The van der Waals surface area contributed by atoms with Crippen LogP contribution in [0.5, 0.6) is 0 Å². The van der Waals surface area contributed by atoms with Crippen molar-refractivity contribution in [2.45, 2.75) is 0 Å². The molecule has 0 fully saturated rings. The lowest BCUT2D eigenvalue weighted by Crippen LogP contribution is -2.07. The van der Waals surface area contributed by atoms with Gasteiger partial charge < -0.3 is 4.89 Å². The molecule has 0 spiro atoms. The van der Waals surface area contributed by atoms with Gasteiger partial charge in [-0.05, 0) is 0 Å². The van der Waals surface area contributed by atoms with Crippen molar-refractivity contribution in [3.8, 4) is 0 Å². The molecule has 0 heterocycles. The Balaban J connectivity index is -0.000000720. The van der Waals surface area contributed by atoms with Gasteiger partial charge >= 0.3 is 74.7 Å². The van der Waals surface area contributed by atoms with E-state index in [2.05, 4.69) is 7.94 Å². The molecular formula is H7Mg2O10PS2. The van der Waals surface area contributed by atoms with Crippen LogP contribution in [-0.2, 0) is 33.3 Å². The highest BCUT2D eigenvalue weighted by atomic mass is 32.3. The Kier molecular flexibility index (Phi) is 10.2. The lowest BCUT2D eigenvalue weighted by atomic mass is 15.7. The van der Waals surface area contributed by atoms with Gasteiger partial charge in [-0.2, -0.15) is 16.8 Å². The minimum atomic E-state index is -5.61. The van der Waals surface area contributed by atoms with E-state index in [1.54, 1.807) is 0 Å². The average molecular weight is 311 g/mol. The van der Waals surface area contributed by atoms with Crippen LogP contribution in [0.15, 0.2) is 0 Å². The van der Waals surface area contributed by atoms with Crippen molar-refractivity contribution in [3.05, 3.63) is 0 Å². The number of hydrogen-bond donors (Lipinski definition) is 3. The van der Waals surface area contributed by atoms with E-state index < -0.39 is 28.6 Å². The molecule has 0 saturated heterocycles. The minimum absolute atomic E-state index is 0. The van der Waals surface area contributed by atoms with Gasteiger partial charge in [0, 0.05) is 0 Å². The minimum Gasteiger partial charge on any atom is -0.301 e. The number of rotatable bonds is 4. The summed E-state index contributed by atoms with van der Waals surface area (Å²) in [5.74, 6) is 0. The highest BCUT2D eigenvalue weighted by Gasteiger charge is 2.34. The van der Waals surface area contributed by atoms with E-state index >= 15 is 0 Å². The van der Waals surface area contributed by atoms with E-state index in [-0.39, 0.29) is 46.1 Å². The molecule has 0 aliphatic rings. The van der Waals surface area contributed by atoms with Crippen molar-refractivity contribution < 1.29 is 43.3 Å². The largest absolute Gasteiger partial charge is 0.505 e. The number of phosphoric acid groups is 1. The molecule has 15 heteroatoms. The van der Waals surface area contributed by atoms with Crippen molar-refractivity contribution in [2.24, 2.45) is 0 Å². The maximum atomic E-state index is 10.3. The van der Waals surface area contributed by atoms with Crippen LogP contribution in [0.2, 0.25) is 0 Å². The zero-order valence-electron chi connectivity index (χ0n) is 5.46. The first-order valence-corrected chi connectivity index (χ1v) is 6.34. The number of hydrogen-bond acceptors (Lipinski definition) is 7. The van der Waals surface area contributed by atoms with E-state index in [1.807, 2.05) is 0 Å². The smallest absolute Gasteiger partial charge is 0.301 e. The Morgan fingerprint density at radius 1 is 0.867 bits per heavy atom. The van der Waals surface area contributed by atoms with Crippen LogP contribution in [-0.4, -0.2) is 76.9 Å². The fraction of sp³-hybridized carbons (Fsp3) is 0. The summed E-state index contributed by atoms with van der Waals surface area (Å²) in [6.07, 6.45) is 0. The monoisotopic (exact) mass is 310 g/mol. The van der Waals surface area contributed by atoms with Gasteiger partial charge in [-0.15, -0.1) is 7.94 Å². The van der Waals surface area contributed by atoms with Crippen LogP contribution in [0.4, 0.5) is 0 Å². The Morgan fingerprint density at radius 3 is 1.20 bits per heavy atom. The second-order valence-corrected chi connectivity index (χ2v) is 5.31. The fourth-order valence-electron chi connectivity index (χ4n) is 0.250. The Bertz CT molecular complexity index is 378. The van der Waals surface area contributed by atoms with Gasteiger partial charge in [-0.25, -0.2) is 4.57 Å². The highest BCUT2D eigenvalue weighted by Crippen LogP contribution is 2.46. The van der Waals surface area contributed by atoms with Gasteiger partial charge in [0.25, 0.3) is 0 Å².